The first-order valence-electron chi connectivity index (χ1n) is 9.12. The number of carbonyl (C=O) groups is 2. The predicted molar refractivity (Wildman–Crippen MR) is 105 cm³/mol. The number of carboxylic acid groups (broad SMARTS) is 1. The van der Waals surface area contributed by atoms with Crippen molar-refractivity contribution in [1.82, 2.24) is 14.8 Å². The van der Waals surface area contributed by atoms with Gasteiger partial charge in [0.15, 0.2) is 0 Å². The van der Waals surface area contributed by atoms with Crippen molar-refractivity contribution in [3.05, 3.63) is 76.0 Å². The molecule has 29 heavy (non-hydrogen) atoms. The average Bonchev–Trinajstić information content (AvgIpc) is 2.70. The number of fused-ring (bicyclic) bond motifs is 1. The summed E-state index contributed by atoms with van der Waals surface area (Å²) in [5.74, 6) is -2.27. The molecular formula is C21H18FN3O4. The zero-order valence-electron chi connectivity index (χ0n) is 15.4. The summed E-state index contributed by atoms with van der Waals surface area (Å²) >= 11 is 0. The second-order valence-corrected chi connectivity index (χ2v) is 6.76. The molecule has 0 atom stereocenters. The molecule has 0 radical (unpaired) electrons. The van der Waals surface area contributed by atoms with Gasteiger partial charge in [0, 0.05) is 24.2 Å². The van der Waals surface area contributed by atoms with Crippen LogP contribution in [0, 0.1) is 5.82 Å². The van der Waals surface area contributed by atoms with Crippen LogP contribution in [-0.2, 0) is 11.3 Å². The van der Waals surface area contributed by atoms with Gasteiger partial charge >= 0.3 is 5.97 Å². The van der Waals surface area contributed by atoms with E-state index in [0.29, 0.717) is 18.8 Å². The minimum Gasteiger partial charge on any atom is -0.478 e. The van der Waals surface area contributed by atoms with Crippen LogP contribution in [0.5, 0.6) is 0 Å². The first kappa shape index (κ1) is 18.8. The molecule has 7 nitrogen and oxygen atoms in total. The molecule has 1 aliphatic rings. The zero-order valence-corrected chi connectivity index (χ0v) is 15.4. The number of nitrogens with one attached hydrogen (secondary N) is 1. The summed E-state index contributed by atoms with van der Waals surface area (Å²) in [6.45, 7) is 1.01. The molecule has 1 aromatic heterocycles. The Morgan fingerprint density at radius 3 is 2.55 bits per heavy atom. The van der Waals surface area contributed by atoms with Gasteiger partial charge in [-0.05, 0) is 18.2 Å². The normalized spacial score (nSPS) is 14.4. The first-order chi connectivity index (χ1) is 14.0. The fraction of sp³-hybridized carbons (Fsp3) is 0.190. The number of carboxylic acids is 1. The molecule has 1 fully saturated rings. The van der Waals surface area contributed by atoms with Crippen LogP contribution < -0.4 is 10.9 Å². The second-order valence-electron chi connectivity index (χ2n) is 6.76. The largest absolute Gasteiger partial charge is 0.478 e. The molecule has 148 valence electrons. The third-order valence-corrected chi connectivity index (χ3v) is 5.01. The van der Waals surface area contributed by atoms with Crippen molar-refractivity contribution < 1.29 is 19.1 Å². The molecule has 0 saturated carbocycles. The molecule has 4 rings (SSSR count). The van der Waals surface area contributed by atoms with Crippen LogP contribution in [0.25, 0.3) is 16.5 Å². The van der Waals surface area contributed by atoms with E-state index in [9.17, 15) is 23.9 Å². The highest BCUT2D eigenvalue weighted by atomic mass is 19.1. The minimum atomic E-state index is -1.29. The summed E-state index contributed by atoms with van der Waals surface area (Å²) in [6.07, 6.45) is 0. The molecular weight excluding hydrogens is 377 g/mol. The molecule has 2 aromatic carbocycles. The van der Waals surface area contributed by atoms with Gasteiger partial charge in [-0.15, -0.1) is 0 Å². The molecule has 0 bridgehead atoms. The summed E-state index contributed by atoms with van der Waals surface area (Å²) in [4.78, 5) is 39.3. The lowest BCUT2D eigenvalue weighted by atomic mass is 10.0. The van der Waals surface area contributed by atoms with Crippen LogP contribution in [0.1, 0.15) is 16.1 Å². The van der Waals surface area contributed by atoms with E-state index in [1.54, 1.807) is 30.3 Å². The number of halogens is 1. The van der Waals surface area contributed by atoms with Crippen molar-refractivity contribution in [1.29, 1.82) is 0 Å². The molecule has 0 aliphatic carbocycles. The number of aromatic nitrogens is 1. The SMILES string of the molecule is O=C(O)c1c(CN2CCNCC2=O)n(-c2ccccc2)c(=O)c2c(F)cccc12. The van der Waals surface area contributed by atoms with E-state index in [1.807, 2.05) is 0 Å². The lowest BCUT2D eigenvalue weighted by Crippen LogP contribution is -2.48. The number of pyridine rings is 1. The second kappa shape index (κ2) is 7.48. The van der Waals surface area contributed by atoms with Gasteiger partial charge < -0.3 is 15.3 Å². The van der Waals surface area contributed by atoms with Crippen molar-refractivity contribution in [2.75, 3.05) is 19.6 Å². The number of para-hydroxylation sites is 1. The highest BCUT2D eigenvalue weighted by Gasteiger charge is 2.27. The van der Waals surface area contributed by atoms with Gasteiger partial charge in [0.2, 0.25) is 5.91 Å². The number of hydrogen-bond acceptors (Lipinski definition) is 4. The number of nitrogens with zero attached hydrogens (tertiary/aromatic N) is 2. The summed E-state index contributed by atoms with van der Waals surface area (Å²) in [5, 5.41) is 12.6. The highest BCUT2D eigenvalue weighted by Crippen LogP contribution is 2.25. The molecule has 0 unspecified atom stereocenters. The molecule has 0 spiro atoms. The van der Waals surface area contributed by atoms with E-state index in [0.717, 1.165) is 6.07 Å². The van der Waals surface area contributed by atoms with E-state index in [4.69, 9.17) is 0 Å². The van der Waals surface area contributed by atoms with Crippen LogP contribution in [0.4, 0.5) is 4.39 Å². The Bertz CT molecular complexity index is 1170. The highest BCUT2D eigenvalue weighted by molar-refractivity contribution is 6.04. The number of hydrogen-bond donors (Lipinski definition) is 2. The Kier molecular flexibility index (Phi) is 4.85. The zero-order chi connectivity index (χ0) is 20.5. The third kappa shape index (κ3) is 3.27. The molecule has 3 aromatic rings. The lowest BCUT2D eigenvalue weighted by Gasteiger charge is -2.29. The maximum absolute atomic E-state index is 14.6. The Morgan fingerprint density at radius 1 is 1.10 bits per heavy atom. The average molecular weight is 395 g/mol. The van der Waals surface area contributed by atoms with E-state index < -0.39 is 17.3 Å². The molecule has 2 heterocycles. The molecule has 8 heteroatoms. The number of benzene rings is 2. The van der Waals surface area contributed by atoms with Crippen LogP contribution in [0.3, 0.4) is 0 Å². The van der Waals surface area contributed by atoms with E-state index >= 15 is 0 Å². The molecule has 2 N–H and O–H groups in total. The first-order valence-corrected chi connectivity index (χ1v) is 9.12. The van der Waals surface area contributed by atoms with Gasteiger partial charge in [-0.3, -0.25) is 14.2 Å². The minimum absolute atomic E-state index is 0.0206. The third-order valence-electron chi connectivity index (χ3n) is 5.01. The Morgan fingerprint density at radius 2 is 1.86 bits per heavy atom. The maximum atomic E-state index is 14.6. The quantitative estimate of drug-likeness (QED) is 0.703. The number of piperazine rings is 1. The number of aromatic carboxylic acids is 1. The number of amides is 1. The van der Waals surface area contributed by atoms with E-state index in [1.165, 1.54) is 21.6 Å². The van der Waals surface area contributed by atoms with Crippen LogP contribution in [0.2, 0.25) is 0 Å². The predicted octanol–water partition coefficient (Wildman–Crippen LogP) is 1.76. The van der Waals surface area contributed by atoms with Crippen LogP contribution in [0.15, 0.2) is 53.3 Å². The Hall–Kier alpha value is -3.52. The van der Waals surface area contributed by atoms with Gasteiger partial charge in [-0.25, -0.2) is 9.18 Å². The molecule has 1 aliphatic heterocycles. The van der Waals surface area contributed by atoms with Crippen LogP contribution in [-0.4, -0.2) is 46.1 Å². The monoisotopic (exact) mass is 395 g/mol. The number of rotatable bonds is 4. The van der Waals surface area contributed by atoms with Crippen molar-refractivity contribution >= 4 is 22.6 Å². The topological polar surface area (TPSA) is 91.6 Å². The smallest absolute Gasteiger partial charge is 0.338 e. The standard InChI is InChI=1S/C21H18FN3O4/c22-15-8-4-7-14-18(15)20(27)25(13-5-2-1-3-6-13)16(19(14)21(28)29)12-24-10-9-23-11-17(24)26/h1-8,23H,9-12H2,(H,28,29). The maximum Gasteiger partial charge on any atom is 0.338 e. The van der Waals surface area contributed by atoms with Gasteiger partial charge in [0.1, 0.15) is 5.82 Å². The summed E-state index contributed by atoms with van der Waals surface area (Å²) in [7, 11) is 0. The van der Waals surface area contributed by atoms with Crippen molar-refractivity contribution in [3.63, 3.8) is 0 Å². The van der Waals surface area contributed by atoms with Crippen LogP contribution >= 0.6 is 0 Å². The van der Waals surface area contributed by atoms with Gasteiger partial charge in [0.05, 0.1) is 29.7 Å². The summed E-state index contributed by atoms with van der Waals surface area (Å²) < 4.78 is 15.8. The summed E-state index contributed by atoms with van der Waals surface area (Å²) in [6, 6.07) is 12.4. The van der Waals surface area contributed by atoms with Crippen molar-refractivity contribution in [2.24, 2.45) is 0 Å². The van der Waals surface area contributed by atoms with Crippen molar-refractivity contribution in [3.8, 4) is 5.69 Å². The fourth-order valence-electron chi connectivity index (χ4n) is 3.68. The fourth-order valence-corrected chi connectivity index (χ4v) is 3.68. The molecule has 1 saturated heterocycles. The van der Waals surface area contributed by atoms with Gasteiger partial charge in [-0.1, -0.05) is 30.3 Å². The Labute approximate surface area is 165 Å². The van der Waals surface area contributed by atoms with E-state index in [-0.39, 0.29) is 41.0 Å². The van der Waals surface area contributed by atoms with Crippen molar-refractivity contribution in [2.45, 2.75) is 6.54 Å². The van der Waals surface area contributed by atoms with Gasteiger partial charge in [0.25, 0.3) is 5.56 Å². The van der Waals surface area contributed by atoms with Gasteiger partial charge in [-0.2, -0.15) is 0 Å². The lowest BCUT2D eigenvalue weighted by molar-refractivity contribution is -0.132. The number of carbonyl (C=O) groups excluding carboxylic acids is 1. The summed E-state index contributed by atoms with van der Waals surface area (Å²) in [5.41, 5.74) is -0.300. The Balaban J connectivity index is 2.08. The molecule has 1 amide bonds. The van der Waals surface area contributed by atoms with E-state index in [2.05, 4.69) is 5.32 Å².